The Labute approximate surface area is 118 Å². The van der Waals surface area contributed by atoms with Crippen molar-refractivity contribution in [2.45, 2.75) is 19.5 Å². The van der Waals surface area contributed by atoms with Gasteiger partial charge in [-0.15, -0.1) is 11.3 Å². The molecule has 1 heterocycles. The van der Waals surface area contributed by atoms with Gasteiger partial charge in [-0.25, -0.2) is 4.98 Å². The Morgan fingerprint density at radius 2 is 2.26 bits per heavy atom. The quantitative estimate of drug-likeness (QED) is 0.878. The van der Waals surface area contributed by atoms with Gasteiger partial charge >= 0.3 is 6.18 Å². The van der Waals surface area contributed by atoms with Crippen molar-refractivity contribution in [2.24, 2.45) is 5.92 Å². The van der Waals surface area contributed by atoms with Gasteiger partial charge in [-0.05, 0) is 6.26 Å². The second kappa shape index (κ2) is 7.14. The summed E-state index contributed by atoms with van der Waals surface area (Å²) in [5.74, 6) is 0.542. The Bertz CT molecular complexity index is 420. The summed E-state index contributed by atoms with van der Waals surface area (Å²) in [6.07, 6.45) is -2.17. The average Bonchev–Trinajstić information content (AvgIpc) is 2.77. The fourth-order valence-corrected chi connectivity index (χ4v) is 2.80. The number of thiazole rings is 1. The molecule has 1 rings (SSSR count). The lowest BCUT2D eigenvalue weighted by Crippen LogP contribution is -2.31. The SMILES string of the molecule is CSC[C@@H](C)C(=O)NCCc1nc(C(F)(F)F)cs1. The summed E-state index contributed by atoms with van der Waals surface area (Å²) in [5.41, 5.74) is -0.866. The fourth-order valence-electron chi connectivity index (χ4n) is 1.35. The van der Waals surface area contributed by atoms with E-state index in [0.29, 0.717) is 18.0 Å². The molecule has 1 amide bonds. The van der Waals surface area contributed by atoms with Crippen molar-refractivity contribution in [1.29, 1.82) is 0 Å². The molecule has 0 aromatic carbocycles. The Morgan fingerprint density at radius 3 is 2.79 bits per heavy atom. The van der Waals surface area contributed by atoms with Crippen molar-refractivity contribution in [3.63, 3.8) is 0 Å². The minimum atomic E-state index is -4.40. The summed E-state index contributed by atoms with van der Waals surface area (Å²) in [6.45, 7) is 2.12. The van der Waals surface area contributed by atoms with Crippen molar-refractivity contribution >= 4 is 29.0 Å². The highest BCUT2D eigenvalue weighted by Crippen LogP contribution is 2.29. The van der Waals surface area contributed by atoms with Crippen molar-refractivity contribution in [3.8, 4) is 0 Å². The first-order valence-electron chi connectivity index (χ1n) is 5.63. The predicted octanol–water partition coefficient (Wildman–Crippen LogP) is 2.82. The molecular formula is C11H15F3N2OS2. The summed E-state index contributed by atoms with van der Waals surface area (Å²) in [5, 5.41) is 4.07. The molecule has 8 heteroatoms. The Balaban J connectivity index is 2.37. The van der Waals surface area contributed by atoms with Gasteiger partial charge in [0.1, 0.15) is 0 Å². The van der Waals surface area contributed by atoms with Crippen LogP contribution in [0.5, 0.6) is 0 Å². The number of nitrogens with zero attached hydrogens (tertiary/aromatic N) is 1. The second-order valence-corrected chi connectivity index (χ2v) is 5.87. The lowest BCUT2D eigenvalue weighted by Gasteiger charge is -2.09. The summed E-state index contributed by atoms with van der Waals surface area (Å²) in [7, 11) is 0. The first-order chi connectivity index (χ1) is 8.84. The Hall–Kier alpha value is -0.760. The number of aromatic nitrogens is 1. The van der Waals surface area contributed by atoms with E-state index in [2.05, 4.69) is 10.3 Å². The summed E-state index contributed by atoms with van der Waals surface area (Å²) in [6, 6.07) is 0. The summed E-state index contributed by atoms with van der Waals surface area (Å²) >= 11 is 2.54. The zero-order chi connectivity index (χ0) is 14.5. The van der Waals surface area contributed by atoms with Crippen LogP contribution in [0.25, 0.3) is 0 Å². The minimum Gasteiger partial charge on any atom is -0.355 e. The van der Waals surface area contributed by atoms with Crippen molar-refractivity contribution < 1.29 is 18.0 Å². The number of thioether (sulfide) groups is 1. The van der Waals surface area contributed by atoms with Crippen LogP contribution in [0.4, 0.5) is 13.2 Å². The molecule has 0 bridgehead atoms. The number of carbonyl (C=O) groups is 1. The number of carbonyl (C=O) groups excluding carboxylic acids is 1. The highest BCUT2D eigenvalue weighted by molar-refractivity contribution is 7.98. The molecule has 0 radical (unpaired) electrons. The number of halogens is 3. The molecule has 0 saturated carbocycles. The van der Waals surface area contributed by atoms with Crippen LogP contribution < -0.4 is 5.32 Å². The molecule has 0 aliphatic carbocycles. The van der Waals surface area contributed by atoms with E-state index >= 15 is 0 Å². The average molecular weight is 312 g/mol. The summed E-state index contributed by atoms with van der Waals surface area (Å²) in [4.78, 5) is 15.1. The molecule has 108 valence electrons. The van der Waals surface area contributed by atoms with Gasteiger partial charge in [0, 0.05) is 30.0 Å². The van der Waals surface area contributed by atoms with Gasteiger partial charge in [-0.2, -0.15) is 24.9 Å². The smallest absolute Gasteiger partial charge is 0.355 e. The van der Waals surface area contributed by atoms with Gasteiger partial charge in [0.25, 0.3) is 0 Å². The van der Waals surface area contributed by atoms with Gasteiger partial charge in [0.15, 0.2) is 5.69 Å². The zero-order valence-corrected chi connectivity index (χ0v) is 12.2. The van der Waals surface area contributed by atoms with E-state index in [0.717, 1.165) is 22.5 Å². The maximum atomic E-state index is 12.3. The molecule has 1 aromatic rings. The molecule has 0 fully saturated rings. The van der Waals surface area contributed by atoms with E-state index in [9.17, 15) is 18.0 Å². The zero-order valence-electron chi connectivity index (χ0n) is 10.6. The van der Waals surface area contributed by atoms with Crippen LogP contribution in [0.3, 0.4) is 0 Å². The van der Waals surface area contributed by atoms with Gasteiger partial charge in [0.05, 0.1) is 5.01 Å². The van der Waals surface area contributed by atoms with E-state index in [1.165, 1.54) is 0 Å². The van der Waals surface area contributed by atoms with Crippen LogP contribution in [-0.4, -0.2) is 29.4 Å². The lowest BCUT2D eigenvalue weighted by atomic mass is 10.2. The maximum Gasteiger partial charge on any atom is 0.434 e. The number of hydrogen-bond acceptors (Lipinski definition) is 4. The highest BCUT2D eigenvalue weighted by Gasteiger charge is 2.33. The molecule has 0 unspecified atom stereocenters. The number of nitrogens with one attached hydrogen (secondary N) is 1. The molecule has 0 aliphatic heterocycles. The van der Waals surface area contributed by atoms with E-state index in [1.807, 2.05) is 13.2 Å². The monoisotopic (exact) mass is 312 g/mol. The molecule has 0 aliphatic rings. The minimum absolute atomic E-state index is 0.0815. The van der Waals surface area contributed by atoms with Gasteiger partial charge in [-0.3, -0.25) is 4.79 Å². The Kier molecular flexibility index (Phi) is 6.12. The molecule has 19 heavy (non-hydrogen) atoms. The third-order valence-electron chi connectivity index (χ3n) is 2.34. The summed E-state index contributed by atoms with van der Waals surface area (Å²) < 4.78 is 36.9. The Morgan fingerprint density at radius 1 is 1.58 bits per heavy atom. The third-order valence-corrected chi connectivity index (χ3v) is 4.09. The first kappa shape index (κ1) is 16.3. The highest BCUT2D eigenvalue weighted by atomic mass is 32.2. The van der Waals surface area contributed by atoms with Crippen LogP contribution in [0.2, 0.25) is 0 Å². The van der Waals surface area contributed by atoms with Gasteiger partial charge < -0.3 is 5.32 Å². The van der Waals surface area contributed by atoms with Crippen LogP contribution >= 0.6 is 23.1 Å². The van der Waals surface area contributed by atoms with Crippen molar-refractivity contribution in [2.75, 3.05) is 18.6 Å². The van der Waals surface area contributed by atoms with Crippen LogP contribution in [-0.2, 0) is 17.4 Å². The molecule has 0 spiro atoms. The first-order valence-corrected chi connectivity index (χ1v) is 7.90. The third kappa shape index (κ3) is 5.40. The standard InChI is InChI=1S/C11H15F3N2OS2/c1-7(5-18-2)10(17)15-4-3-9-16-8(6-19-9)11(12,13)14/h6-7H,3-5H2,1-2H3,(H,15,17)/t7-/m1/s1. The molecule has 1 aromatic heterocycles. The molecule has 3 nitrogen and oxygen atoms in total. The second-order valence-electron chi connectivity index (χ2n) is 4.02. The van der Waals surface area contributed by atoms with E-state index < -0.39 is 11.9 Å². The molecule has 0 saturated heterocycles. The molecule has 1 N–H and O–H groups in total. The predicted molar refractivity (Wildman–Crippen MR) is 71.4 cm³/mol. The normalized spacial score (nSPS) is 13.3. The van der Waals surface area contributed by atoms with Crippen molar-refractivity contribution in [3.05, 3.63) is 16.1 Å². The van der Waals surface area contributed by atoms with Crippen LogP contribution in [0.15, 0.2) is 5.38 Å². The van der Waals surface area contributed by atoms with Crippen molar-refractivity contribution in [1.82, 2.24) is 10.3 Å². The van der Waals surface area contributed by atoms with Crippen LogP contribution in [0, 0.1) is 5.92 Å². The fraction of sp³-hybridized carbons (Fsp3) is 0.636. The molecule has 1 atom stereocenters. The van der Waals surface area contributed by atoms with Crippen LogP contribution in [0.1, 0.15) is 17.6 Å². The van der Waals surface area contributed by atoms with E-state index in [-0.39, 0.29) is 11.8 Å². The van der Waals surface area contributed by atoms with Gasteiger partial charge in [0.2, 0.25) is 5.91 Å². The lowest BCUT2D eigenvalue weighted by molar-refractivity contribution is -0.140. The number of alkyl halides is 3. The van der Waals surface area contributed by atoms with E-state index in [1.54, 1.807) is 11.8 Å². The van der Waals surface area contributed by atoms with Gasteiger partial charge in [-0.1, -0.05) is 6.92 Å². The largest absolute Gasteiger partial charge is 0.434 e. The number of rotatable bonds is 6. The number of hydrogen-bond donors (Lipinski definition) is 1. The van der Waals surface area contributed by atoms with E-state index in [4.69, 9.17) is 0 Å². The topological polar surface area (TPSA) is 42.0 Å². The maximum absolute atomic E-state index is 12.3. The molecular weight excluding hydrogens is 297 g/mol. The number of amides is 1.